The molecule has 2 nitrogen and oxygen atoms in total. The third-order valence-corrected chi connectivity index (χ3v) is 5.04. The van der Waals surface area contributed by atoms with Crippen LogP contribution in [0.5, 0.6) is 0 Å². The largest absolute Gasteiger partial charge is 0.306 e. The number of aromatic nitrogens is 1. The highest BCUT2D eigenvalue weighted by atomic mass is 35.5. The first-order valence-corrected chi connectivity index (χ1v) is 8.34. The van der Waals surface area contributed by atoms with Gasteiger partial charge in [-0.15, -0.1) is 11.3 Å². The van der Waals surface area contributed by atoms with E-state index in [4.69, 9.17) is 23.2 Å². The Kier molecular flexibility index (Phi) is 4.45. The van der Waals surface area contributed by atoms with Crippen molar-refractivity contribution in [2.45, 2.75) is 13.0 Å². The third-order valence-electron chi connectivity index (χ3n) is 3.36. The van der Waals surface area contributed by atoms with Crippen molar-refractivity contribution in [2.75, 3.05) is 6.54 Å². The van der Waals surface area contributed by atoms with Gasteiger partial charge in [0.25, 0.3) is 0 Å². The zero-order chi connectivity index (χ0) is 14.8. The Hall–Kier alpha value is -1.13. The van der Waals surface area contributed by atoms with Crippen molar-refractivity contribution >= 4 is 44.8 Å². The number of hydrogen-bond acceptors (Lipinski definition) is 3. The molecule has 1 unspecified atom stereocenters. The summed E-state index contributed by atoms with van der Waals surface area (Å²) in [5.41, 5.74) is 3.09. The summed E-state index contributed by atoms with van der Waals surface area (Å²) in [6.07, 6.45) is 1.90. The van der Waals surface area contributed by atoms with Crippen molar-refractivity contribution < 1.29 is 0 Å². The van der Waals surface area contributed by atoms with Crippen LogP contribution in [0.4, 0.5) is 0 Å². The van der Waals surface area contributed by atoms with Gasteiger partial charge in [-0.2, -0.15) is 0 Å². The maximum absolute atomic E-state index is 6.38. The molecule has 0 spiro atoms. The molecule has 0 amide bonds. The number of rotatable bonds is 4. The summed E-state index contributed by atoms with van der Waals surface area (Å²) in [4.78, 5) is 4.52. The zero-order valence-electron chi connectivity index (χ0n) is 11.4. The lowest BCUT2D eigenvalue weighted by atomic mass is 10.00. The molecule has 0 aliphatic heterocycles. The first-order valence-electron chi connectivity index (χ1n) is 6.71. The molecule has 2 aromatic heterocycles. The van der Waals surface area contributed by atoms with Gasteiger partial charge in [-0.1, -0.05) is 42.3 Å². The van der Waals surface area contributed by atoms with Gasteiger partial charge in [-0.05, 0) is 41.3 Å². The van der Waals surface area contributed by atoms with Crippen LogP contribution < -0.4 is 5.32 Å². The summed E-state index contributed by atoms with van der Waals surface area (Å²) in [6.45, 7) is 2.90. The number of pyridine rings is 1. The number of halogens is 2. The van der Waals surface area contributed by atoms with Crippen LogP contribution in [0.2, 0.25) is 10.0 Å². The van der Waals surface area contributed by atoms with Gasteiger partial charge in [0, 0.05) is 6.20 Å². The molecular formula is C16H14Cl2N2S. The molecule has 108 valence electrons. The lowest BCUT2D eigenvalue weighted by molar-refractivity contribution is 0.630. The van der Waals surface area contributed by atoms with Crippen LogP contribution >= 0.6 is 34.5 Å². The number of hydrogen-bond donors (Lipinski definition) is 1. The quantitative estimate of drug-likeness (QED) is 0.698. The lowest BCUT2D eigenvalue weighted by Crippen LogP contribution is -2.22. The summed E-state index contributed by atoms with van der Waals surface area (Å²) < 4.78 is 1.17. The molecule has 5 heteroatoms. The van der Waals surface area contributed by atoms with Crippen molar-refractivity contribution in [2.24, 2.45) is 0 Å². The fraction of sp³-hybridized carbons (Fsp3) is 0.188. The standard InChI is InChI=1S/C16H14Cl2N2S/c1-2-19-16(11-4-3-5-12(17)15(11)18)10-8-14-13(20-9-10)6-7-21-14/h3-9,16,19H,2H2,1H3. The van der Waals surface area contributed by atoms with Crippen LogP contribution in [-0.2, 0) is 0 Å². The van der Waals surface area contributed by atoms with Crippen molar-refractivity contribution in [1.82, 2.24) is 10.3 Å². The predicted molar refractivity (Wildman–Crippen MR) is 91.6 cm³/mol. The van der Waals surface area contributed by atoms with E-state index < -0.39 is 0 Å². The Balaban J connectivity index is 2.10. The van der Waals surface area contributed by atoms with E-state index >= 15 is 0 Å². The first-order chi connectivity index (χ1) is 10.2. The van der Waals surface area contributed by atoms with Gasteiger partial charge in [-0.3, -0.25) is 4.98 Å². The van der Waals surface area contributed by atoms with Gasteiger partial charge >= 0.3 is 0 Å². The summed E-state index contributed by atoms with van der Waals surface area (Å²) in [6, 6.07) is 9.90. The van der Waals surface area contributed by atoms with E-state index in [1.807, 2.05) is 24.4 Å². The Morgan fingerprint density at radius 2 is 2.14 bits per heavy atom. The molecule has 21 heavy (non-hydrogen) atoms. The number of nitrogens with one attached hydrogen (secondary N) is 1. The average molecular weight is 337 g/mol. The Morgan fingerprint density at radius 3 is 2.95 bits per heavy atom. The van der Waals surface area contributed by atoms with Crippen molar-refractivity contribution in [3.8, 4) is 0 Å². The molecule has 0 radical (unpaired) electrons. The van der Waals surface area contributed by atoms with Crippen LogP contribution in [0.25, 0.3) is 10.2 Å². The minimum absolute atomic E-state index is 0.0137. The average Bonchev–Trinajstić information content (AvgIpc) is 2.95. The van der Waals surface area contributed by atoms with E-state index in [1.165, 1.54) is 4.70 Å². The Morgan fingerprint density at radius 1 is 1.29 bits per heavy atom. The monoisotopic (exact) mass is 336 g/mol. The van der Waals surface area contributed by atoms with Gasteiger partial charge in [-0.25, -0.2) is 0 Å². The second kappa shape index (κ2) is 6.32. The van der Waals surface area contributed by atoms with E-state index in [2.05, 4.69) is 28.7 Å². The highest BCUT2D eigenvalue weighted by Crippen LogP contribution is 2.34. The van der Waals surface area contributed by atoms with Crippen LogP contribution in [0.15, 0.2) is 41.9 Å². The molecular weight excluding hydrogens is 323 g/mol. The highest BCUT2D eigenvalue weighted by Gasteiger charge is 2.18. The number of fused-ring (bicyclic) bond motifs is 1. The summed E-state index contributed by atoms with van der Waals surface area (Å²) in [5, 5.41) is 6.68. The van der Waals surface area contributed by atoms with E-state index in [-0.39, 0.29) is 6.04 Å². The predicted octanol–water partition coefficient (Wildman–Crippen LogP) is 5.30. The summed E-state index contributed by atoms with van der Waals surface area (Å²) in [7, 11) is 0. The van der Waals surface area contributed by atoms with Crippen molar-refractivity contribution in [1.29, 1.82) is 0 Å². The molecule has 1 N–H and O–H groups in total. The lowest BCUT2D eigenvalue weighted by Gasteiger charge is -2.20. The van der Waals surface area contributed by atoms with Gasteiger partial charge in [0.1, 0.15) is 0 Å². The smallest absolute Gasteiger partial charge is 0.0809 e. The first kappa shape index (κ1) is 14.8. The summed E-state index contributed by atoms with van der Waals surface area (Å²) >= 11 is 14.2. The number of benzene rings is 1. The van der Waals surface area contributed by atoms with Crippen molar-refractivity contribution in [3.63, 3.8) is 0 Å². The molecule has 0 saturated carbocycles. The topological polar surface area (TPSA) is 24.9 Å². The van der Waals surface area contributed by atoms with Crippen LogP contribution in [0, 0.1) is 0 Å². The fourth-order valence-corrected chi connectivity index (χ4v) is 3.58. The molecule has 2 heterocycles. The van der Waals surface area contributed by atoms with Gasteiger partial charge < -0.3 is 5.32 Å². The number of thiophene rings is 1. The highest BCUT2D eigenvalue weighted by molar-refractivity contribution is 7.17. The molecule has 0 bridgehead atoms. The molecule has 1 aromatic carbocycles. The molecule has 3 aromatic rings. The third kappa shape index (κ3) is 2.92. The van der Waals surface area contributed by atoms with E-state index in [1.54, 1.807) is 17.4 Å². The maximum atomic E-state index is 6.38. The minimum Gasteiger partial charge on any atom is -0.306 e. The minimum atomic E-state index is -0.0137. The molecule has 1 atom stereocenters. The summed E-state index contributed by atoms with van der Waals surface area (Å²) in [5.74, 6) is 0. The van der Waals surface area contributed by atoms with Crippen LogP contribution in [0.1, 0.15) is 24.1 Å². The number of nitrogens with zero attached hydrogens (tertiary/aromatic N) is 1. The zero-order valence-corrected chi connectivity index (χ0v) is 13.8. The fourth-order valence-electron chi connectivity index (χ4n) is 2.37. The second-order valence-corrected chi connectivity index (χ2v) is 6.44. The molecule has 0 saturated heterocycles. The molecule has 0 aliphatic carbocycles. The van der Waals surface area contributed by atoms with Gasteiger partial charge in [0.15, 0.2) is 0 Å². The SMILES string of the molecule is CCNC(c1cnc2ccsc2c1)c1cccc(Cl)c1Cl. The van der Waals surface area contributed by atoms with E-state index in [0.717, 1.165) is 23.2 Å². The Bertz CT molecular complexity index is 770. The molecule has 3 rings (SSSR count). The van der Waals surface area contributed by atoms with Gasteiger partial charge in [0.2, 0.25) is 0 Å². The van der Waals surface area contributed by atoms with Crippen molar-refractivity contribution in [3.05, 3.63) is 63.1 Å². The van der Waals surface area contributed by atoms with E-state index in [0.29, 0.717) is 10.0 Å². The Labute approximate surface area is 137 Å². The normalized spacial score (nSPS) is 12.7. The molecule has 0 aliphatic rings. The van der Waals surface area contributed by atoms with E-state index in [9.17, 15) is 0 Å². The second-order valence-electron chi connectivity index (χ2n) is 4.71. The van der Waals surface area contributed by atoms with Crippen LogP contribution in [0.3, 0.4) is 0 Å². The molecule has 0 fully saturated rings. The maximum Gasteiger partial charge on any atom is 0.0809 e. The van der Waals surface area contributed by atoms with Crippen LogP contribution in [-0.4, -0.2) is 11.5 Å². The van der Waals surface area contributed by atoms with Gasteiger partial charge in [0.05, 0.1) is 26.3 Å².